The van der Waals surface area contributed by atoms with Gasteiger partial charge in [0.2, 0.25) is 0 Å². The molecule has 2 unspecified atom stereocenters. The second-order valence-electron chi connectivity index (χ2n) is 2.87. The average Bonchev–Trinajstić information content (AvgIpc) is 2.05. The van der Waals surface area contributed by atoms with Crippen LogP contribution < -0.4 is 0 Å². The summed E-state index contributed by atoms with van der Waals surface area (Å²) in [4.78, 5) is 11.2. The molecule has 1 aliphatic rings. The molecule has 1 N–H and O–H groups in total. The Bertz CT molecular complexity index is 186. The van der Waals surface area contributed by atoms with Gasteiger partial charge in [0.25, 0.3) is 0 Å². The van der Waals surface area contributed by atoms with E-state index in [-0.39, 0.29) is 11.9 Å². The number of hydrogen-bond acceptors (Lipinski definition) is 3. The molecule has 3 nitrogen and oxygen atoms in total. The maximum absolute atomic E-state index is 11.2. The molecule has 0 saturated heterocycles. The minimum atomic E-state index is -0.561. The summed E-state index contributed by atoms with van der Waals surface area (Å²) in [6.07, 6.45) is 4.40. The number of aliphatic hydroxyl groups excluding tert-OH is 1. The van der Waals surface area contributed by atoms with Crippen LogP contribution in [0.3, 0.4) is 0 Å². The number of carbonyl (C=O) groups excluding carboxylic acids is 1. The molecule has 0 radical (unpaired) electrons. The average molecular weight is 170 g/mol. The molecular weight excluding hydrogens is 156 g/mol. The number of allylic oxidation sites excluding steroid dienone is 1. The largest absolute Gasteiger partial charge is 0.466 e. The molecule has 68 valence electrons. The van der Waals surface area contributed by atoms with Crippen LogP contribution in [0.5, 0.6) is 0 Å². The van der Waals surface area contributed by atoms with Gasteiger partial charge >= 0.3 is 5.97 Å². The molecule has 1 rings (SSSR count). The van der Waals surface area contributed by atoms with Crippen LogP contribution in [-0.2, 0) is 9.53 Å². The first-order chi connectivity index (χ1) is 5.75. The van der Waals surface area contributed by atoms with E-state index in [1.54, 1.807) is 6.92 Å². The number of rotatable bonds is 2. The highest BCUT2D eigenvalue weighted by Gasteiger charge is 2.27. The van der Waals surface area contributed by atoms with Crippen LogP contribution in [0.2, 0.25) is 0 Å². The molecule has 0 amide bonds. The third-order valence-corrected chi connectivity index (χ3v) is 1.99. The molecule has 0 aromatic carbocycles. The van der Waals surface area contributed by atoms with Crippen molar-refractivity contribution in [3.05, 3.63) is 12.2 Å². The second kappa shape index (κ2) is 4.26. The second-order valence-corrected chi connectivity index (χ2v) is 2.87. The van der Waals surface area contributed by atoms with E-state index >= 15 is 0 Å². The lowest BCUT2D eigenvalue weighted by molar-refractivity contribution is -0.152. The molecule has 0 aromatic rings. The summed E-state index contributed by atoms with van der Waals surface area (Å²) < 4.78 is 4.82. The van der Waals surface area contributed by atoms with E-state index in [4.69, 9.17) is 4.74 Å². The normalized spacial score (nSPS) is 28.5. The van der Waals surface area contributed by atoms with Crippen molar-refractivity contribution in [3.63, 3.8) is 0 Å². The van der Waals surface area contributed by atoms with Crippen molar-refractivity contribution in [2.75, 3.05) is 6.61 Å². The van der Waals surface area contributed by atoms with Gasteiger partial charge in [0.15, 0.2) is 0 Å². The minimum Gasteiger partial charge on any atom is -0.466 e. The number of aliphatic hydroxyl groups is 1. The summed E-state index contributed by atoms with van der Waals surface area (Å²) in [5.74, 6) is -0.635. The number of ether oxygens (including phenoxy) is 1. The van der Waals surface area contributed by atoms with Crippen LogP contribution in [-0.4, -0.2) is 23.8 Å². The molecule has 0 heterocycles. The van der Waals surface area contributed by atoms with E-state index in [0.717, 1.165) is 0 Å². The molecule has 0 saturated carbocycles. The van der Waals surface area contributed by atoms with Crippen molar-refractivity contribution >= 4 is 5.97 Å². The lowest BCUT2D eigenvalue weighted by atomic mass is 9.91. The van der Waals surface area contributed by atoms with Gasteiger partial charge < -0.3 is 9.84 Å². The van der Waals surface area contributed by atoms with E-state index in [1.165, 1.54) is 0 Å². The van der Waals surface area contributed by atoms with E-state index in [2.05, 4.69) is 0 Å². The van der Waals surface area contributed by atoms with Gasteiger partial charge in [-0.25, -0.2) is 0 Å². The molecule has 0 aliphatic heterocycles. The van der Waals surface area contributed by atoms with Gasteiger partial charge in [0.1, 0.15) is 0 Å². The Labute approximate surface area is 72.0 Å². The topological polar surface area (TPSA) is 46.5 Å². The zero-order valence-electron chi connectivity index (χ0n) is 7.19. The van der Waals surface area contributed by atoms with E-state index < -0.39 is 6.10 Å². The minimum absolute atomic E-state index is 0.283. The molecular formula is C9H14O3. The van der Waals surface area contributed by atoms with Crippen LogP contribution in [0.4, 0.5) is 0 Å². The zero-order chi connectivity index (χ0) is 8.97. The molecule has 0 fully saturated rings. The lowest BCUT2D eigenvalue weighted by Crippen LogP contribution is -2.30. The molecule has 3 heteroatoms. The summed E-state index contributed by atoms with van der Waals surface area (Å²) in [6, 6.07) is 0. The van der Waals surface area contributed by atoms with Crippen molar-refractivity contribution in [2.24, 2.45) is 5.92 Å². The predicted octanol–water partition coefficient (Wildman–Crippen LogP) is 0.877. The van der Waals surface area contributed by atoms with Gasteiger partial charge in [-0.05, 0) is 19.8 Å². The standard InChI is InChI=1S/C9H14O3/c1-2-12-9(11)7-5-3-4-6-8(7)10/h3-4,7-8,10H,2,5-6H2,1H3. The van der Waals surface area contributed by atoms with Crippen molar-refractivity contribution in [3.8, 4) is 0 Å². The Hall–Kier alpha value is -0.830. The third-order valence-electron chi connectivity index (χ3n) is 1.99. The molecule has 2 atom stereocenters. The fraction of sp³-hybridized carbons (Fsp3) is 0.667. The maximum Gasteiger partial charge on any atom is 0.311 e. The van der Waals surface area contributed by atoms with Crippen LogP contribution in [0.1, 0.15) is 19.8 Å². The molecule has 1 aliphatic carbocycles. The van der Waals surface area contributed by atoms with Gasteiger partial charge in [-0.2, -0.15) is 0 Å². The molecule has 0 bridgehead atoms. The summed E-state index contributed by atoms with van der Waals surface area (Å²) >= 11 is 0. The van der Waals surface area contributed by atoms with Gasteiger partial charge in [0, 0.05) is 0 Å². The van der Waals surface area contributed by atoms with E-state index in [1.807, 2.05) is 12.2 Å². The summed E-state index contributed by atoms with van der Waals surface area (Å²) in [6.45, 7) is 2.15. The summed E-state index contributed by atoms with van der Waals surface area (Å²) in [5, 5.41) is 9.41. The SMILES string of the molecule is CCOC(=O)C1CC=CCC1O. The Kier molecular flexibility index (Phi) is 3.29. The van der Waals surface area contributed by atoms with Gasteiger partial charge in [-0.15, -0.1) is 0 Å². The Morgan fingerprint density at radius 1 is 1.58 bits per heavy atom. The highest BCUT2D eigenvalue weighted by atomic mass is 16.5. The fourth-order valence-corrected chi connectivity index (χ4v) is 1.30. The smallest absolute Gasteiger partial charge is 0.311 e. The van der Waals surface area contributed by atoms with Crippen LogP contribution in [0.25, 0.3) is 0 Å². The first-order valence-corrected chi connectivity index (χ1v) is 4.25. The number of esters is 1. The zero-order valence-corrected chi connectivity index (χ0v) is 7.19. The molecule has 12 heavy (non-hydrogen) atoms. The highest BCUT2D eigenvalue weighted by Crippen LogP contribution is 2.20. The highest BCUT2D eigenvalue weighted by molar-refractivity contribution is 5.73. The van der Waals surface area contributed by atoms with Crippen LogP contribution in [0, 0.1) is 5.92 Å². The first-order valence-electron chi connectivity index (χ1n) is 4.25. The number of hydrogen-bond donors (Lipinski definition) is 1. The van der Waals surface area contributed by atoms with E-state index in [0.29, 0.717) is 19.4 Å². The summed E-state index contributed by atoms with van der Waals surface area (Å²) in [7, 11) is 0. The number of carbonyl (C=O) groups is 1. The predicted molar refractivity (Wildman–Crippen MR) is 44.5 cm³/mol. The van der Waals surface area contributed by atoms with Crippen LogP contribution in [0.15, 0.2) is 12.2 Å². The maximum atomic E-state index is 11.2. The molecule has 0 spiro atoms. The van der Waals surface area contributed by atoms with E-state index in [9.17, 15) is 9.90 Å². The summed E-state index contributed by atoms with van der Waals surface area (Å²) in [5.41, 5.74) is 0. The van der Waals surface area contributed by atoms with Gasteiger partial charge in [-0.3, -0.25) is 4.79 Å². The monoisotopic (exact) mass is 170 g/mol. The van der Waals surface area contributed by atoms with Gasteiger partial charge in [-0.1, -0.05) is 12.2 Å². The van der Waals surface area contributed by atoms with Gasteiger partial charge in [0.05, 0.1) is 18.6 Å². The fourth-order valence-electron chi connectivity index (χ4n) is 1.30. The first kappa shape index (κ1) is 9.26. The quantitative estimate of drug-likeness (QED) is 0.494. The Balaban J connectivity index is 2.49. The van der Waals surface area contributed by atoms with Crippen molar-refractivity contribution in [1.82, 2.24) is 0 Å². The third kappa shape index (κ3) is 2.08. The lowest BCUT2D eigenvalue weighted by Gasteiger charge is -2.21. The van der Waals surface area contributed by atoms with Crippen molar-refractivity contribution in [1.29, 1.82) is 0 Å². The van der Waals surface area contributed by atoms with Crippen molar-refractivity contribution in [2.45, 2.75) is 25.9 Å². The molecule has 0 aromatic heterocycles. The Morgan fingerprint density at radius 3 is 2.83 bits per heavy atom. The van der Waals surface area contributed by atoms with Crippen LogP contribution >= 0.6 is 0 Å². The Morgan fingerprint density at radius 2 is 2.25 bits per heavy atom. The van der Waals surface area contributed by atoms with Crippen molar-refractivity contribution < 1.29 is 14.6 Å².